The summed E-state index contributed by atoms with van der Waals surface area (Å²) in [6.07, 6.45) is 1.46. The third-order valence-corrected chi connectivity index (χ3v) is 3.92. The molecule has 5 nitrogen and oxygen atoms in total. The van der Waals surface area contributed by atoms with E-state index < -0.39 is 0 Å². The van der Waals surface area contributed by atoms with Gasteiger partial charge in [-0.05, 0) is 36.4 Å². The van der Waals surface area contributed by atoms with Gasteiger partial charge in [0.25, 0.3) is 5.91 Å². The molecule has 1 amide bonds. The molecule has 0 unspecified atom stereocenters. The molecular formula is C16H12BrN3O2. The van der Waals surface area contributed by atoms with Gasteiger partial charge in [-0.1, -0.05) is 15.9 Å². The molecule has 1 aromatic heterocycles. The van der Waals surface area contributed by atoms with Gasteiger partial charge in [-0.15, -0.1) is 0 Å². The lowest BCUT2D eigenvalue weighted by Gasteiger charge is -2.38. The first-order valence-corrected chi connectivity index (χ1v) is 7.53. The van der Waals surface area contributed by atoms with Crippen molar-refractivity contribution in [2.45, 2.75) is 6.10 Å². The zero-order valence-corrected chi connectivity index (χ0v) is 13.2. The van der Waals surface area contributed by atoms with Gasteiger partial charge in [-0.3, -0.25) is 4.79 Å². The summed E-state index contributed by atoms with van der Waals surface area (Å²) in [6.45, 7) is 0.993. The number of hydrogen-bond acceptors (Lipinski definition) is 4. The summed E-state index contributed by atoms with van der Waals surface area (Å²) in [6, 6.07) is 12.6. The second kappa shape index (κ2) is 6.16. The normalized spacial score (nSPS) is 14.1. The fraction of sp³-hybridized carbons (Fsp3) is 0.188. The average molecular weight is 358 g/mol. The van der Waals surface area contributed by atoms with Crippen molar-refractivity contribution >= 4 is 21.8 Å². The Balaban J connectivity index is 1.59. The van der Waals surface area contributed by atoms with Crippen LogP contribution in [-0.2, 0) is 0 Å². The van der Waals surface area contributed by atoms with Crippen molar-refractivity contribution in [2.24, 2.45) is 0 Å². The maximum absolute atomic E-state index is 12.2. The Bertz CT molecular complexity index is 734. The number of carbonyl (C=O) groups is 1. The van der Waals surface area contributed by atoms with Crippen LogP contribution in [0.15, 0.2) is 47.1 Å². The van der Waals surface area contributed by atoms with Crippen LogP contribution in [0.1, 0.15) is 15.9 Å². The van der Waals surface area contributed by atoms with E-state index in [0.29, 0.717) is 30.1 Å². The molecule has 2 heterocycles. The summed E-state index contributed by atoms with van der Waals surface area (Å²) in [5.74, 6) is 0.305. The molecule has 22 heavy (non-hydrogen) atoms. The molecule has 2 aromatic rings. The van der Waals surface area contributed by atoms with E-state index >= 15 is 0 Å². The topological polar surface area (TPSA) is 66.2 Å². The van der Waals surface area contributed by atoms with Crippen molar-refractivity contribution in [1.82, 2.24) is 9.88 Å². The Morgan fingerprint density at radius 2 is 2.05 bits per heavy atom. The third kappa shape index (κ3) is 2.95. The number of likely N-dealkylation sites (tertiary alicyclic amines) is 1. The number of halogens is 1. The average Bonchev–Trinajstić information content (AvgIpc) is 2.51. The number of nitrogens with zero attached hydrogens (tertiary/aromatic N) is 3. The fourth-order valence-corrected chi connectivity index (χ4v) is 2.45. The molecular weight excluding hydrogens is 346 g/mol. The van der Waals surface area contributed by atoms with Gasteiger partial charge in [-0.25, -0.2) is 4.98 Å². The number of hydrogen-bond donors (Lipinski definition) is 0. The number of ether oxygens (including phenoxy) is 1. The number of amides is 1. The Morgan fingerprint density at radius 1 is 1.32 bits per heavy atom. The van der Waals surface area contributed by atoms with Crippen LogP contribution in [0, 0.1) is 11.3 Å². The van der Waals surface area contributed by atoms with Crippen LogP contribution >= 0.6 is 15.9 Å². The molecule has 0 radical (unpaired) electrons. The quantitative estimate of drug-likeness (QED) is 0.846. The van der Waals surface area contributed by atoms with Gasteiger partial charge < -0.3 is 9.64 Å². The number of aromatic nitrogens is 1. The lowest BCUT2D eigenvalue weighted by atomic mass is 10.1. The second-order valence-electron chi connectivity index (χ2n) is 4.92. The van der Waals surface area contributed by atoms with Crippen molar-refractivity contribution < 1.29 is 9.53 Å². The zero-order chi connectivity index (χ0) is 15.5. The first-order chi connectivity index (χ1) is 10.7. The van der Waals surface area contributed by atoms with Crippen molar-refractivity contribution in [3.05, 3.63) is 58.2 Å². The minimum atomic E-state index is -0.124. The highest BCUT2D eigenvalue weighted by Crippen LogP contribution is 2.21. The SMILES string of the molecule is N#Cc1cccnc1OC1CN(C(=O)c2ccc(Br)cc2)C1. The molecule has 0 saturated carbocycles. The van der Waals surface area contributed by atoms with E-state index in [1.807, 2.05) is 18.2 Å². The van der Waals surface area contributed by atoms with E-state index in [-0.39, 0.29) is 12.0 Å². The van der Waals surface area contributed by atoms with Gasteiger partial charge in [0.15, 0.2) is 0 Å². The number of benzene rings is 1. The lowest BCUT2D eigenvalue weighted by Crippen LogP contribution is -2.56. The van der Waals surface area contributed by atoms with Crippen LogP contribution < -0.4 is 4.74 Å². The minimum Gasteiger partial charge on any atom is -0.470 e. The summed E-state index contributed by atoms with van der Waals surface area (Å²) in [5, 5.41) is 8.99. The number of carbonyl (C=O) groups excluding carboxylic acids is 1. The molecule has 0 bridgehead atoms. The van der Waals surface area contributed by atoms with Gasteiger partial charge in [-0.2, -0.15) is 5.26 Å². The van der Waals surface area contributed by atoms with Crippen molar-refractivity contribution in [3.63, 3.8) is 0 Å². The molecule has 1 aliphatic heterocycles. The minimum absolute atomic E-state index is 0.0196. The molecule has 110 valence electrons. The van der Waals surface area contributed by atoms with Gasteiger partial charge in [0.1, 0.15) is 17.7 Å². The summed E-state index contributed by atoms with van der Waals surface area (Å²) >= 11 is 3.34. The van der Waals surface area contributed by atoms with E-state index in [4.69, 9.17) is 10.00 Å². The standard InChI is InChI=1S/C16H12BrN3O2/c17-13-5-3-11(4-6-13)16(21)20-9-14(10-20)22-15-12(8-18)2-1-7-19-15/h1-7,14H,9-10H2. The van der Waals surface area contributed by atoms with Crippen LogP contribution in [0.3, 0.4) is 0 Å². The zero-order valence-electron chi connectivity index (χ0n) is 11.6. The molecule has 0 N–H and O–H groups in total. The Kier molecular flexibility index (Phi) is 4.07. The molecule has 1 fully saturated rings. The van der Waals surface area contributed by atoms with E-state index in [2.05, 4.69) is 20.9 Å². The van der Waals surface area contributed by atoms with Gasteiger partial charge in [0.2, 0.25) is 5.88 Å². The highest BCUT2D eigenvalue weighted by Gasteiger charge is 2.33. The molecule has 0 atom stereocenters. The smallest absolute Gasteiger partial charge is 0.254 e. The molecule has 1 aliphatic rings. The summed E-state index contributed by atoms with van der Waals surface area (Å²) < 4.78 is 6.61. The maximum atomic E-state index is 12.2. The van der Waals surface area contributed by atoms with Crippen LogP contribution in [0.25, 0.3) is 0 Å². The summed E-state index contributed by atoms with van der Waals surface area (Å²) in [7, 11) is 0. The van der Waals surface area contributed by atoms with Gasteiger partial charge in [0, 0.05) is 16.2 Å². The number of rotatable bonds is 3. The highest BCUT2D eigenvalue weighted by molar-refractivity contribution is 9.10. The van der Waals surface area contributed by atoms with Crippen LogP contribution in [0.5, 0.6) is 5.88 Å². The lowest BCUT2D eigenvalue weighted by molar-refractivity contribution is 0.0159. The maximum Gasteiger partial charge on any atom is 0.254 e. The fourth-order valence-electron chi connectivity index (χ4n) is 2.18. The Morgan fingerprint density at radius 3 is 2.73 bits per heavy atom. The molecule has 0 spiro atoms. The first kappa shape index (κ1) is 14.5. The van der Waals surface area contributed by atoms with Crippen LogP contribution in [-0.4, -0.2) is 35.0 Å². The predicted molar refractivity (Wildman–Crippen MR) is 83.4 cm³/mol. The summed E-state index contributed by atoms with van der Waals surface area (Å²) in [5.41, 5.74) is 1.05. The van der Waals surface area contributed by atoms with Crippen LogP contribution in [0.2, 0.25) is 0 Å². The Hall–Kier alpha value is -2.39. The van der Waals surface area contributed by atoms with E-state index in [1.54, 1.807) is 35.4 Å². The highest BCUT2D eigenvalue weighted by atomic mass is 79.9. The van der Waals surface area contributed by atoms with E-state index in [1.165, 1.54) is 0 Å². The van der Waals surface area contributed by atoms with Crippen molar-refractivity contribution in [1.29, 1.82) is 5.26 Å². The number of nitriles is 1. The monoisotopic (exact) mass is 357 g/mol. The Labute approximate surface area is 136 Å². The van der Waals surface area contributed by atoms with Crippen LogP contribution in [0.4, 0.5) is 0 Å². The number of pyridine rings is 1. The molecule has 0 aliphatic carbocycles. The third-order valence-electron chi connectivity index (χ3n) is 3.40. The van der Waals surface area contributed by atoms with E-state index in [9.17, 15) is 4.79 Å². The molecule has 1 aromatic carbocycles. The van der Waals surface area contributed by atoms with E-state index in [0.717, 1.165) is 4.47 Å². The molecule has 1 saturated heterocycles. The first-order valence-electron chi connectivity index (χ1n) is 6.74. The second-order valence-corrected chi connectivity index (χ2v) is 5.84. The van der Waals surface area contributed by atoms with Crippen molar-refractivity contribution in [3.8, 4) is 11.9 Å². The largest absolute Gasteiger partial charge is 0.470 e. The molecule has 3 rings (SSSR count). The predicted octanol–water partition coefficient (Wildman–Crippen LogP) is 2.62. The van der Waals surface area contributed by atoms with Gasteiger partial charge >= 0.3 is 0 Å². The molecule has 6 heteroatoms. The van der Waals surface area contributed by atoms with Gasteiger partial charge in [0.05, 0.1) is 13.1 Å². The van der Waals surface area contributed by atoms with Crippen molar-refractivity contribution in [2.75, 3.05) is 13.1 Å². The summed E-state index contributed by atoms with van der Waals surface area (Å²) in [4.78, 5) is 18.0.